The number of hydrogen-bond acceptors (Lipinski definition) is 4. The van der Waals surface area contributed by atoms with Crippen molar-refractivity contribution in [1.29, 1.82) is 0 Å². The summed E-state index contributed by atoms with van der Waals surface area (Å²) in [6.45, 7) is 0.830. The Hall–Kier alpha value is -2.70. The number of carbonyl (C=O) groups excluding carboxylic acids is 1. The summed E-state index contributed by atoms with van der Waals surface area (Å²) < 4.78 is 1.48. The zero-order valence-electron chi connectivity index (χ0n) is 11.9. The van der Waals surface area contributed by atoms with Crippen molar-refractivity contribution in [2.24, 2.45) is 5.92 Å². The van der Waals surface area contributed by atoms with E-state index in [0.717, 1.165) is 5.56 Å². The number of benzene rings is 1. The molecule has 0 saturated carbocycles. The Kier molecular flexibility index (Phi) is 3.86. The van der Waals surface area contributed by atoms with Crippen molar-refractivity contribution in [3.8, 4) is 11.4 Å². The maximum atomic E-state index is 12.2. The van der Waals surface area contributed by atoms with Crippen LogP contribution in [-0.2, 0) is 16.1 Å². The second-order valence-electron chi connectivity index (χ2n) is 5.30. The normalized spacial score (nSPS) is 17.6. The largest absolute Gasteiger partial charge is 0.481 e. The van der Waals surface area contributed by atoms with Crippen molar-refractivity contribution < 1.29 is 14.7 Å². The van der Waals surface area contributed by atoms with Gasteiger partial charge in [-0.25, -0.2) is 9.67 Å². The topological polar surface area (TPSA) is 88.3 Å². The number of nitrogens with zero attached hydrogens (tertiary/aromatic N) is 4. The van der Waals surface area contributed by atoms with E-state index in [1.54, 1.807) is 4.90 Å². The van der Waals surface area contributed by atoms with E-state index in [1.165, 1.54) is 11.0 Å². The van der Waals surface area contributed by atoms with Gasteiger partial charge in [0.2, 0.25) is 5.91 Å². The molecule has 114 valence electrons. The molecule has 1 aliphatic heterocycles. The zero-order valence-corrected chi connectivity index (χ0v) is 11.9. The van der Waals surface area contributed by atoms with Crippen LogP contribution in [0.3, 0.4) is 0 Å². The van der Waals surface area contributed by atoms with Gasteiger partial charge in [0.1, 0.15) is 12.9 Å². The van der Waals surface area contributed by atoms with Crippen molar-refractivity contribution in [3.63, 3.8) is 0 Å². The van der Waals surface area contributed by atoms with Gasteiger partial charge in [-0.2, -0.15) is 5.10 Å². The van der Waals surface area contributed by atoms with E-state index in [1.807, 2.05) is 30.3 Å². The van der Waals surface area contributed by atoms with Crippen LogP contribution in [0.25, 0.3) is 11.4 Å². The maximum Gasteiger partial charge on any atom is 0.308 e. The van der Waals surface area contributed by atoms with Gasteiger partial charge in [0, 0.05) is 18.7 Å². The van der Waals surface area contributed by atoms with Gasteiger partial charge in [0.05, 0.1) is 5.92 Å². The third kappa shape index (κ3) is 2.98. The van der Waals surface area contributed by atoms with Crippen molar-refractivity contribution in [3.05, 3.63) is 36.7 Å². The van der Waals surface area contributed by atoms with Crippen LogP contribution in [0.15, 0.2) is 36.7 Å². The van der Waals surface area contributed by atoms with Crippen molar-refractivity contribution >= 4 is 11.9 Å². The van der Waals surface area contributed by atoms with E-state index in [4.69, 9.17) is 5.11 Å². The highest BCUT2D eigenvalue weighted by Crippen LogP contribution is 2.17. The average molecular weight is 300 g/mol. The SMILES string of the molecule is O=C(O)C1CCN(C(=O)Cn2cnc(-c3ccccc3)n2)C1. The molecule has 1 amide bonds. The minimum absolute atomic E-state index is 0.0756. The van der Waals surface area contributed by atoms with Crippen LogP contribution in [0.1, 0.15) is 6.42 Å². The molecule has 1 unspecified atom stereocenters. The monoisotopic (exact) mass is 300 g/mol. The summed E-state index contributed by atoms with van der Waals surface area (Å²) in [4.78, 5) is 28.9. The lowest BCUT2D eigenvalue weighted by molar-refractivity contribution is -0.141. The van der Waals surface area contributed by atoms with Gasteiger partial charge >= 0.3 is 5.97 Å². The number of rotatable bonds is 4. The lowest BCUT2D eigenvalue weighted by atomic mass is 10.1. The van der Waals surface area contributed by atoms with Crippen LogP contribution in [0.5, 0.6) is 0 Å². The van der Waals surface area contributed by atoms with Crippen molar-refractivity contribution in [2.75, 3.05) is 13.1 Å². The van der Waals surface area contributed by atoms with Crippen molar-refractivity contribution in [2.45, 2.75) is 13.0 Å². The van der Waals surface area contributed by atoms with E-state index in [0.29, 0.717) is 18.8 Å². The summed E-state index contributed by atoms with van der Waals surface area (Å²) in [6.07, 6.45) is 2.03. The molecule has 2 aromatic rings. The molecule has 1 aliphatic rings. The van der Waals surface area contributed by atoms with Crippen LogP contribution in [-0.4, -0.2) is 49.7 Å². The number of aliphatic carboxylic acids is 1. The van der Waals surface area contributed by atoms with E-state index in [9.17, 15) is 9.59 Å². The van der Waals surface area contributed by atoms with Crippen molar-refractivity contribution in [1.82, 2.24) is 19.7 Å². The van der Waals surface area contributed by atoms with E-state index >= 15 is 0 Å². The molecule has 1 aromatic heterocycles. The van der Waals surface area contributed by atoms with Gasteiger partial charge in [0.15, 0.2) is 5.82 Å². The molecule has 1 fully saturated rings. The lowest BCUT2D eigenvalue weighted by Gasteiger charge is -2.15. The first-order chi connectivity index (χ1) is 10.6. The van der Waals surface area contributed by atoms with Gasteiger partial charge < -0.3 is 10.0 Å². The molecule has 0 bridgehead atoms. The minimum atomic E-state index is -0.845. The molecular formula is C15H16N4O3. The number of amides is 1. The highest BCUT2D eigenvalue weighted by atomic mass is 16.4. The predicted molar refractivity (Wildman–Crippen MR) is 77.8 cm³/mol. The first-order valence-electron chi connectivity index (χ1n) is 7.09. The van der Waals surface area contributed by atoms with Crippen LogP contribution < -0.4 is 0 Å². The first-order valence-corrected chi connectivity index (χ1v) is 7.09. The highest BCUT2D eigenvalue weighted by molar-refractivity contribution is 5.78. The summed E-state index contributed by atoms with van der Waals surface area (Å²) in [7, 11) is 0. The molecule has 0 aliphatic carbocycles. The Morgan fingerprint density at radius 2 is 2.05 bits per heavy atom. The maximum absolute atomic E-state index is 12.2. The second kappa shape index (κ2) is 5.97. The Morgan fingerprint density at radius 1 is 1.27 bits per heavy atom. The Bertz CT molecular complexity index is 683. The fourth-order valence-electron chi connectivity index (χ4n) is 2.52. The van der Waals surface area contributed by atoms with Crippen LogP contribution >= 0.6 is 0 Å². The zero-order chi connectivity index (χ0) is 15.5. The van der Waals surface area contributed by atoms with E-state index in [-0.39, 0.29) is 19.0 Å². The molecule has 2 heterocycles. The molecule has 1 aromatic carbocycles. The number of carbonyl (C=O) groups is 2. The standard InChI is InChI=1S/C15H16N4O3/c20-13(18-7-6-12(8-18)15(21)22)9-19-10-16-14(17-19)11-4-2-1-3-5-11/h1-5,10,12H,6-9H2,(H,21,22). The fraction of sp³-hybridized carbons (Fsp3) is 0.333. The lowest BCUT2D eigenvalue weighted by Crippen LogP contribution is -2.32. The van der Waals surface area contributed by atoms with Crippen LogP contribution in [0.4, 0.5) is 0 Å². The van der Waals surface area contributed by atoms with E-state index in [2.05, 4.69) is 10.1 Å². The molecular weight excluding hydrogens is 284 g/mol. The number of carboxylic acids is 1. The Balaban J connectivity index is 1.63. The fourth-order valence-corrected chi connectivity index (χ4v) is 2.52. The second-order valence-corrected chi connectivity index (χ2v) is 5.30. The summed E-state index contributed by atoms with van der Waals surface area (Å²) in [5.41, 5.74) is 0.890. The summed E-state index contributed by atoms with van der Waals surface area (Å²) in [6, 6.07) is 9.52. The molecule has 0 radical (unpaired) electrons. The summed E-state index contributed by atoms with van der Waals surface area (Å²) in [5, 5.41) is 13.3. The summed E-state index contributed by atoms with van der Waals surface area (Å²) >= 11 is 0. The molecule has 22 heavy (non-hydrogen) atoms. The van der Waals surface area contributed by atoms with E-state index < -0.39 is 11.9 Å². The molecule has 0 spiro atoms. The average Bonchev–Trinajstić information content (AvgIpc) is 3.17. The predicted octanol–water partition coefficient (Wildman–Crippen LogP) is 0.878. The van der Waals surface area contributed by atoms with Crippen LogP contribution in [0.2, 0.25) is 0 Å². The highest BCUT2D eigenvalue weighted by Gasteiger charge is 2.30. The Labute approximate surface area is 127 Å². The van der Waals surface area contributed by atoms with Gasteiger partial charge in [0.25, 0.3) is 0 Å². The van der Waals surface area contributed by atoms with Gasteiger partial charge in [-0.1, -0.05) is 30.3 Å². The van der Waals surface area contributed by atoms with Gasteiger partial charge in [-0.15, -0.1) is 0 Å². The molecule has 3 rings (SSSR count). The number of hydrogen-bond donors (Lipinski definition) is 1. The van der Waals surface area contributed by atoms with Gasteiger partial charge in [-0.3, -0.25) is 9.59 Å². The smallest absolute Gasteiger partial charge is 0.308 e. The number of aromatic nitrogens is 3. The van der Waals surface area contributed by atoms with Gasteiger partial charge in [-0.05, 0) is 6.42 Å². The Morgan fingerprint density at radius 3 is 2.73 bits per heavy atom. The molecule has 1 N–H and O–H groups in total. The first kappa shape index (κ1) is 14.2. The van der Waals surface area contributed by atoms with Crippen LogP contribution in [0, 0.1) is 5.92 Å². The minimum Gasteiger partial charge on any atom is -0.481 e. The molecule has 7 heteroatoms. The molecule has 1 saturated heterocycles. The third-order valence-corrected chi connectivity index (χ3v) is 3.76. The quantitative estimate of drug-likeness (QED) is 0.905. The number of likely N-dealkylation sites (tertiary alicyclic amines) is 1. The molecule has 1 atom stereocenters. The molecule has 7 nitrogen and oxygen atoms in total. The summed E-state index contributed by atoms with van der Waals surface area (Å²) in [5.74, 6) is -0.867. The third-order valence-electron chi connectivity index (χ3n) is 3.76. The number of carboxylic acid groups (broad SMARTS) is 1.